The maximum Gasteiger partial charge on any atom is 0.260 e. The first-order valence-corrected chi connectivity index (χ1v) is 5.96. The minimum atomic E-state index is -0.0185. The van der Waals surface area contributed by atoms with Gasteiger partial charge in [0.25, 0.3) is 5.91 Å². The lowest BCUT2D eigenvalue weighted by Gasteiger charge is -2.15. The number of rotatable bonds is 4. The topological polar surface area (TPSA) is 29.5 Å². The number of hydrogen-bond acceptors (Lipinski definition) is 2. The number of ether oxygens (including phenoxy) is 1. The fourth-order valence-corrected chi connectivity index (χ4v) is 1.76. The second-order valence-electron chi connectivity index (χ2n) is 3.63. The van der Waals surface area contributed by atoms with Gasteiger partial charge >= 0.3 is 0 Å². The fraction of sp³-hybridized carbons (Fsp3) is 0.417. The minimum absolute atomic E-state index is 0.0185. The standard InChI is InChI=1S/C12H16BrNO2/c1-4-14(3)12(15)8-16-11-6-5-9(2)7-10(11)13/h5-7H,4,8H2,1-3H3. The molecule has 0 spiro atoms. The summed E-state index contributed by atoms with van der Waals surface area (Å²) in [7, 11) is 1.76. The molecule has 0 aliphatic rings. The summed E-state index contributed by atoms with van der Waals surface area (Å²) in [5.41, 5.74) is 1.15. The number of amides is 1. The number of nitrogens with zero attached hydrogens (tertiary/aromatic N) is 1. The predicted octanol–water partition coefficient (Wildman–Crippen LogP) is 2.61. The molecule has 1 aromatic carbocycles. The summed E-state index contributed by atoms with van der Waals surface area (Å²) in [6, 6.07) is 5.77. The molecule has 4 heteroatoms. The molecule has 0 N–H and O–H groups in total. The third-order valence-corrected chi connectivity index (χ3v) is 2.96. The first kappa shape index (κ1) is 13.0. The van der Waals surface area contributed by atoms with Crippen LogP contribution in [0.25, 0.3) is 0 Å². The van der Waals surface area contributed by atoms with Crippen molar-refractivity contribution in [1.82, 2.24) is 4.90 Å². The average molecular weight is 286 g/mol. The van der Waals surface area contributed by atoms with Gasteiger partial charge in [-0.1, -0.05) is 6.07 Å². The van der Waals surface area contributed by atoms with Crippen LogP contribution in [0.15, 0.2) is 22.7 Å². The summed E-state index contributed by atoms with van der Waals surface area (Å²) in [6.07, 6.45) is 0. The van der Waals surface area contributed by atoms with Crippen molar-refractivity contribution in [2.45, 2.75) is 13.8 Å². The lowest BCUT2D eigenvalue weighted by atomic mass is 10.2. The van der Waals surface area contributed by atoms with E-state index in [0.717, 1.165) is 10.0 Å². The Kier molecular flexibility index (Phi) is 4.80. The molecular weight excluding hydrogens is 270 g/mol. The molecule has 0 aliphatic heterocycles. The quantitative estimate of drug-likeness (QED) is 0.851. The van der Waals surface area contributed by atoms with E-state index in [9.17, 15) is 4.79 Å². The molecule has 0 saturated heterocycles. The van der Waals surface area contributed by atoms with Gasteiger partial charge in [0.05, 0.1) is 4.47 Å². The van der Waals surface area contributed by atoms with Gasteiger partial charge in [0, 0.05) is 13.6 Å². The van der Waals surface area contributed by atoms with E-state index in [1.54, 1.807) is 11.9 Å². The number of likely N-dealkylation sites (N-methyl/N-ethyl adjacent to an activating group) is 1. The van der Waals surface area contributed by atoms with Crippen LogP contribution >= 0.6 is 15.9 Å². The molecule has 0 bridgehead atoms. The van der Waals surface area contributed by atoms with E-state index in [1.165, 1.54) is 0 Å². The molecule has 1 aromatic rings. The van der Waals surface area contributed by atoms with Gasteiger partial charge in [0.2, 0.25) is 0 Å². The van der Waals surface area contributed by atoms with E-state index in [-0.39, 0.29) is 12.5 Å². The van der Waals surface area contributed by atoms with Crippen LogP contribution in [-0.2, 0) is 4.79 Å². The molecule has 0 heterocycles. The first-order valence-electron chi connectivity index (χ1n) is 5.17. The first-order chi connectivity index (χ1) is 7.54. The Morgan fingerprint density at radius 1 is 1.50 bits per heavy atom. The number of halogens is 1. The Morgan fingerprint density at radius 2 is 2.19 bits per heavy atom. The summed E-state index contributed by atoms with van der Waals surface area (Å²) in [5.74, 6) is 0.679. The molecule has 0 saturated carbocycles. The molecule has 1 rings (SSSR count). The van der Waals surface area contributed by atoms with Crippen LogP contribution < -0.4 is 4.74 Å². The number of aryl methyl sites for hydroxylation is 1. The average Bonchev–Trinajstić information content (AvgIpc) is 2.26. The van der Waals surface area contributed by atoms with Crippen LogP contribution in [0.3, 0.4) is 0 Å². The highest BCUT2D eigenvalue weighted by Crippen LogP contribution is 2.25. The van der Waals surface area contributed by atoms with Crippen molar-refractivity contribution in [3.05, 3.63) is 28.2 Å². The van der Waals surface area contributed by atoms with Crippen molar-refractivity contribution in [3.8, 4) is 5.75 Å². The minimum Gasteiger partial charge on any atom is -0.483 e. The Labute approximate surface area is 105 Å². The zero-order valence-electron chi connectivity index (χ0n) is 9.79. The second-order valence-corrected chi connectivity index (χ2v) is 4.48. The summed E-state index contributed by atoms with van der Waals surface area (Å²) < 4.78 is 6.31. The maximum atomic E-state index is 11.5. The Bertz CT molecular complexity index is 379. The molecule has 0 aliphatic carbocycles. The van der Waals surface area contributed by atoms with E-state index < -0.39 is 0 Å². The maximum absolute atomic E-state index is 11.5. The van der Waals surface area contributed by atoms with Gasteiger partial charge < -0.3 is 9.64 Å². The number of carbonyl (C=O) groups excluding carboxylic acids is 1. The van der Waals surface area contributed by atoms with E-state index in [2.05, 4.69) is 15.9 Å². The zero-order valence-corrected chi connectivity index (χ0v) is 11.4. The van der Waals surface area contributed by atoms with Crippen LogP contribution in [-0.4, -0.2) is 31.0 Å². The SMILES string of the molecule is CCN(C)C(=O)COc1ccc(C)cc1Br. The Balaban J connectivity index is 2.58. The molecule has 3 nitrogen and oxygen atoms in total. The smallest absolute Gasteiger partial charge is 0.260 e. The third-order valence-electron chi connectivity index (χ3n) is 2.34. The molecule has 0 fully saturated rings. The van der Waals surface area contributed by atoms with Gasteiger partial charge in [0.1, 0.15) is 5.75 Å². The normalized spacial score (nSPS) is 10.0. The fourth-order valence-electron chi connectivity index (χ4n) is 1.15. The van der Waals surface area contributed by atoms with Crippen LogP contribution in [0.2, 0.25) is 0 Å². The summed E-state index contributed by atoms with van der Waals surface area (Å²) in [5, 5.41) is 0. The van der Waals surface area contributed by atoms with Gasteiger partial charge in [-0.15, -0.1) is 0 Å². The number of hydrogen-bond donors (Lipinski definition) is 0. The van der Waals surface area contributed by atoms with Crippen LogP contribution in [0.1, 0.15) is 12.5 Å². The monoisotopic (exact) mass is 285 g/mol. The van der Waals surface area contributed by atoms with Gasteiger partial charge in [-0.05, 0) is 47.5 Å². The Hall–Kier alpha value is -1.03. The molecule has 88 valence electrons. The molecule has 1 amide bonds. The molecule has 0 unspecified atom stereocenters. The largest absolute Gasteiger partial charge is 0.483 e. The van der Waals surface area contributed by atoms with E-state index in [0.29, 0.717) is 12.3 Å². The van der Waals surface area contributed by atoms with Crippen LogP contribution in [0.4, 0.5) is 0 Å². The van der Waals surface area contributed by atoms with E-state index in [4.69, 9.17) is 4.74 Å². The molecular formula is C12H16BrNO2. The van der Waals surface area contributed by atoms with Crippen molar-refractivity contribution >= 4 is 21.8 Å². The highest BCUT2D eigenvalue weighted by molar-refractivity contribution is 9.10. The van der Waals surface area contributed by atoms with Crippen molar-refractivity contribution < 1.29 is 9.53 Å². The lowest BCUT2D eigenvalue weighted by Crippen LogP contribution is -2.31. The molecule has 0 aromatic heterocycles. The molecule has 0 atom stereocenters. The number of carbonyl (C=O) groups is 1. The molecule has 16 heavy (non-hydrogen) atoms. The number of benzene rings is 1. The lowest BCUT2D eigenvalue weighted by molar-refractivity contribution is -0.131. The van der Waals surface area contributed by atoms with Crippen molar-refractivity contribution in [1.29, 1.82) is 0 Å². The zero-order chi connectivity index (χ0) is 12.1. The highest BCUT2D eigenvalue weighted by atomic mass is 79.9. The summed E-state index contributed by atoms with van der Waals surface area (Å²) in [4.78, 5) is 13.1. The third kappa shape index (κ3) is 3.52. The van der Waals surface area contributed by atoms with Crippen molar-refractivity contribution in [3.63, 3.8) is 0 Å². The van der Waals surface area contributed by atoms with E-state index in [1.807, 2.05) is 32.0 Å². The Morgan fingerprint density at radius 3 is 2.75 bits per heavy atom. The van der Waals surface area contributed by atoms with Gasteiger partial charge in [-0.2, -0.15) is 0 Å². The van der Waals surface area contributed by atoms with Crippen molar-refractivity contribution in [2.24, 2.45) is 0 Å². The van der Waals surface area contributed by atoms with Gasteiger partial charge in [-0.25, -0.2) is 0 Å². The highest BCUT2D eigenvalue weighted by Gasteiger charge is 2.08. The van der Waals surface area contributed by atoms with E-state index >= 15 is 0 Å². The summed E-state index contributed by atoms with van der Waals surface area (Å²) >= 11 is 3.40. The predicted molar refractivity (Wildman–Crippen MR) is 67.7 cm³/mol. The second kappa shape index (κ2) is 5.89. The van der Waals surface area contributed by atoms with Crippen LogP contribution in [0, 0.1) is 6.92 Å². The summed E-state index contributed by atoms with van der Waals surface area (Å²) in [6.45, 7) is 4.70. The van der Waals surface area contributed by atoms with Gasteiger partial charge in [-0.3, -0.25) is 4.79 Å². The van der Waals surface area contributed by atoms with Crippen LogP contribution in [0.5, 0.6) is 5.75 Å². The van der Waals surface area contributed by atoms with Gasteiger partial charge in [0.15, 0.2) is 6.61 Å². The molecule has 0 radical (unpaired) electrons. The van der Waals surface area contributed by atoms with Crippen molar-refractivity contribution in [2.75, 3.05) is 20.2 Å².